The molecule has 0 spiro atoms. The summed E-state index contributed by atoms with van der Waals surface area (Å²) in [7, 11) is -1.64. The maximum atomic E-state index is 9.99. The highest BCUT2D eigenvalue weighted by Crippen LogP contribution is 2.06. The van der Waals surface area contributed by atoms with Crippen LogP contribution < -0.4 is 5.66 Å². The van der Waals surface area contributed by atoms with Crippen LogP contribution in [0.15, 0.2) is 34.9 Å². The summed E-state index contributed by atoms with van der Waals surface area (Å²) in [5, 5.41) is 17.5. The molecule has 2 heterocycles. The Morgan fingerprint density at radius 1 is 1.33 bits per heavy atom. The summed E-state index contributed by atoms with van der Waals surface area (Å²) in [6, 6.07) is 6.37. The van der Waals surface area contributed by atoms with Gasteiger partial charge in [0.05, 0.1) is 0 Å². The predicted molar refractivity (Wildman–Crippen MR) is 75.9 cm³/mol. The van der Waals surface area contributed by atoms with Gasteiger partial charge in [0.1, 0.15) is 10.8 Å². The number of aromatic nitrogens is 1. The zero-order valence-electron chi connectivity index (χ0n) is 8.96. The highest BCUT2D eigenvalue weighted by Gasteiger charge is 2.15. The SMILES string of the molecule is Clc1ccc(I)cn1.O=Cc1ccc(B(O)O)o1. The topological polar surface area (TPSA) is 83.6 Å². The lowest BCUT2D eigenvalue weighted by Crippen LogP contribution is -2.27. The molecular formula is C10H8BClINO4. The molecule has 0 aromatic carbocycles. The van der Waals surface area contributed by atoms with E-state index in [-0.39, 0.29) is 11.4 Å². The van der Waals surface area contributed by atoms with E-state index >= 15 is 0 Å². The van der Waals surface area contributed by atoms with Crippen LogP contribution in [0.25, 0.3) is 0 Å². The van der Waals surface area contributed by atoms with Crippen LogP contribution in [-0.2, 0) is 0 Å². The van der Waals surface area contributed by atoms with Crippen molar-refractivity contribution in [3.8, 4) is 0 Å². The molecule has 0 amide bonds. The summed E-state index contributed by atoms with van der Waals surface area (Å²) in [5.74, 6) is 0.0862. The van der Waals surface area contributed by atoms with Crippen LogP contribution >= 0.6 is 34.2 Å². The van der Waals surface area contributed by atoms with Crippen molar-refractivity contribution in [2.45, 2.75) is 0 Å². The van der Waals surface area contributed by atoms with E-state index in [4.69, 9.17) is 21.6 Å². The molecule has 2 aromatic heterocycles. The molecule has 8 heteroatoms. The molecule has 0 saturated heterocycles. The molecule has 2 N–H and O–H groups in total. The normalized spacial score (nSPS) is 9.33. The van der Waals surface area contributed by atoms with Crippen molar-refractivity contribution in [2.24, 2.45) is 0 Å². The van der Waals surface area contributed by atoms with Crippen molar-refractivity contribution in [3.05, 3.63) is 44.9 Å². The quantitative estimate of drug-likeness (QED) is 0.354. The maximum absolute atomic E-state index is 9.99. The zero-order valence-corrected chi connectivity index (χ0v) is 11.9. The monoisotopic (exact) mass is 379 g/mol. The summed E-state index contributed by atoms with van der Waals surface area (Å²) in [4.78, 5) is 13.8. The number of carbonyl (C=O) groups is 1. The fraction of sp³-hybridized carbons (Fsp3) is 0. The smallest absolute Gasteiger partial charge is 0.462 e. The van der Waals surface area contributed by atoms with Gasteiger partial charge < -0.3 is 14.5 Å². The molecule has 0 bridgehead atoms. The first kappa shape index (κ1) is 15.2. The van der Waals surface area contributed by atoms with Crippen LogP contribution in [0, 0.1) is 3.57 Å². The van der Waals surface area contributed by atoms with Crippen molar-refractivity contribution in [1.82, 2.24) is 4.98 Å². The van der Waals surface area contributed by atoms with E-state index in [1.165, 1.54) is 12.1 Å². The largest absolute Gasteiger partial charge is 0.526 e. The van der Waals surface area contributed by atoms with E-state index in [0.717, 1.165) is 3.57 Å². The van der Waals surface area contributed by atoms with Crippen LogP contribution in [0.4, 0.5) is 0 Å². The van der Waals surface area contributed by atoms with Crippen molar-refractivity contribution in [3.63, 3.8) is 0 Å². The number of halogens is 2. The van der Waals surface area contributed by atoms with Gasteiger partial charge in [0.2, 0.25) is 0 Å². The van der Waals surface area contributed by atoms with Crippen LogP contribution in [0.1, 0.15) is 10.6 Å². The van der Waals surface area contributed by atoms with Gasteiger partial charge in [0, 0.05) is 9.77 Å². The number of carbonyl (C=O) groups excluding carboxylic acids is 1. The Balaban J connectivity index is 0.000000184. The first-order chi connectivity index (χ1) is 8.52. The fourth-order valence-corrected chi connectivity index (χ4v) is 1.36. The van der Waals surface area contributed by atoms with Gasteiger partial charge in [-0.25, -0.2) is 4.98 Å². The second-order valence-electron chi connectivity index (χ2n) is 3.03. The molecule has 94 valence electrons. The van der Waals surface area contributed by atoms with Crippen molar-refractivity contribution in [1.29, 1.82) is 0 Å². The lowest BCUT2D eigenvalue weighted by Gasteiger charge is -1.88. The number of nitrogens with zero attached hydrogens (tertiary/aromatic N) is 1. The highest BCUT2D eigenvalue weighted by molar-refractivity contribution is 14.1. The van der Waals surface area contributed by atoms with Crippen LogP contribution in [0.3, 0.4) is 0 Å². The van der Waals surface area contributed by atoms with Crippen LogP contribution in [0.5, 0.6) is 0 Å². The predicted octanol–water partition coefficient (Wildman–Crippen LogP) is 1.11. The van der Waals surface area contributed by atoms with E-state index in [2.05, 4.69) is 32.0 Å². The molecule has 2 rings (SSSR count). The molecule has 18 heavy (non-hydrogen) atoms. The second-order valence-corrected chi connectivity index (χ2v) is 4.66. The van der Waals surface area contributed by atoms with Crippen LogP contribution in [0.2, 0.25) is 5.15 Å². The summed E-state index contributed by atoms with van der Waals surface area (Å²) >= 11 is 7.67. The summed E-state index contributed by atoms with van der Waals surface area (Å²) < 4.78 is 5.73. The fourth-order valence-electron chi connectivity index (χ4n) is 0.928. The van der Waals surface area contributed by atoms with E-state index in [0.29, 0.717) is 11.4 Å². The molecule has 0 atom stereocenters. The Morgan fingerprint density at radius 3 is 2.39 bits per heavy atom. The van der Waals surface area contributed by atoms with Gasteiger partial charge in [-0.3, -0.25) is 4.79 Å². The molecule has 0 saturated carbocycles. The molecule has 0 radical (unpaired) electrons. The van der Waals surface area contributed by atoms with Gasteiger partial charge in [-0.15, -0.1) is 0 Å². The minimum Gasteiger partial charge on any atom is -0.462 e. The third-order valence-corrected chi connectivity index (χ3v) is 2.57. The summed E-state index contributed by atoms with van der Waals surface area (Å²) in [6.07, 6.45) is 2.22. The molecule has 0 aliphatic rings. The molecular weight excluding hydrogens is 371 g/mol. The summed E-state index contributed by atoms with van der Waals surface area (Å²) in [6.45, 7) is 0. The Morgan fingerprint density at radius 2 is 2.06 bits per heavy atom. The average Bonchev–Trinajstić information content (AvgIpc) is 2.83. The first-order valence-electron chi connectivity index (χ1n) is 4.71. The first-order valence-corrected chi connectivity index (χ1v) is 6.16. The standard InChI is InChI=1S/C5H5BO4.C5H3ClIN/c7-3-4-1-2-5(10-4)6(8)9;6-5-2-1-4(7)3-8-5/h1-3,8-9H;1-3H. The highest BCUT2D eigenvalue weighted by atomic mass is 127. The van der Waals surface area contributed by atoms with Gasteiger partial charge in [-0.1, -0.05) is 11.6 Å². The van der Waals surface area contributed by atoms with Gasteiger partial charge >= 0.3 is 7.12 Å². The molecule has 0 aliphatic heterocycles. The van der Waals surface area contributed by atoms with Gasteiger partial charge in [-0.05, 0) is 46.9 Å². The molecule has 2 aromatic rings. The van der Waals surface area contributed by atoms with E-state index in [1.54, 1.807) is 12.3 Å². The third-order valence-electron chi connectivity index (χ3n) is 1.71. The van der Waals surface area contributed by atoms with Crippen molar-refractivity contribution < 1.29 is 19.3 Å². The number of furan rings is 1. The maximum Gasteiger partial charge on any atom is 0.526 e. The number of hydrogen-bond donors (Lipinski definition) is 2. The van der Waals surface area contributed by atoms with E-state index in [1.807, 2.05) is 6.07 Å². The molecule has 5 nitrogen and oxygen atoms in total. The second kappa shape index (κ2) is 7.52. The number of aldehydes is 1. The number of pyridine rings is 1. The summed E-state index contributed by atoms with van der Waals surface area (Å²) in [5.41, 5.74) is -0.0258. The Hall–Kier alpha value is -0.895. The Labute approximate surface area is 122 Å². The molecule has 0 fully saturated rings. The lowest BCUT2D eigenvalue weighted by molar-refractivity contribution is 0.110. The Bertz CT molecular complexity index is 482. The molecule has 0 aliphatic carbocycles. The van der Waals surface area contributed by atoms with Crippen molar-refractivity contribution in [2.75, 3.05) is 0 Å². The lowest BCUT2D eigenvalue weighted by atomic mass is 9.88. The van der Waals surface area contributed by atoms with E-state index in [9.17, 15) is 4.79 Å². The Kier molecular flexibility index (Phi) is 6.33. The molecule has 0 unspecified atom stereocenters. The average molecular weight is 379 g/mol. The van der Waals surface area contributed by atoms with Gasteiger partial charge in [-0.2, -0.15) is 0 Å². The van der Waals surface area contributed by atoms with Crippen LogP contribution in [-0.4, -0.2) is 28.4 Å². The van der Waals surface area contributed by atoms with Gasteiger partial charge in [0.15, 0.2) is 12.0 Å². The zero-order chi connectivity index (χ0) is 13.5. The minimum absolute atomic E-state index is 0.0258. The number of rotatable bonds is 2. The van der Waals surface area contributed by atoms with E-state index < -0.39 is 7.12 Å². The third kappa shape index (κ3) is 5.17. The van der Waals surface area contributed by atoms with Crippen molar-refractivity contribution >= 4 is 53.3 Å². The number of hydrogen-bond acceptors (Lipinski definition) is 5. The minimum atomic E-state index is -1.64. The van der Waals surface area contributed by atoms with Gasteiger partial charge in [0.25, 0.3) is 0 Å².